The van der Waals surface area contributed by atoms with Gasteiger partial charge in [-0.2, -0.15) is 0 Å². The van der Waals surface area contributed by atoms with E-state index in [9.17, 15) is 4.79 Å². The molecule has 0 aliphatic heterocycles. The van der Waals surface area contributed by atoms with E-state index in [-0.39, 0.29) is 6.61 Å². The summed E-state index contributed by atoms with van der Waals surface area (Å²) in [7, 11) is 1.62. The van der Waals surface area contributed by atoms with E-state index in [4.69, 9.17) is 5.11 Å². The van der Waals surface area contributed by atoms with Gasteiger partial charge in [0.15, 0.2) is 0 Å². The Morgan fingerprint density at radius 3 is 2.09 bits per heavy atom. The van der Waals surface area contributed by atoms with Crippen molar-refractivity contribution in [1.82, 2.24) is 10.2 Å². The lowest BCUT2D eigenvalue weighted by molar-refractivity contribution is -0.108. The molecule has 0 aliphatic rings. The third-order valence-electron chi connectivity index (χ3n) is 4.85. The molecular weight excluding hydrogens is 400 g/mol. The Labute approximate surface area is 200 Å². The minimum atomic E-state index is 0.250. The molecule has 0 aromatic carbocycles. The van der Waals surface area contributed by atoms with Gasteiger partial charge in [-0.25, -0.2) is 0 Å². The van der Waals surface area contributed by atoms with Crippen molar-refractivity contribution in [3.8, 4) is 0 Å². The van der Waals surface area contributed by atoms with Gasteiger partial charge >= 0.3 is 0 Å². The number of nitrogens with zero attached hydrogens (tertiary/aromatic N) is 1. The van der Waals surface area contributed by atoms with Crippen molar-refractivity contribution in [1.29, 1.82) is 0 Å². The Morgan fingerprint density at radius 2 is 1.72 bits per heavy atom. The van der Waals surface area contributed by atoms with Gasteiger partial charge in [0.2, 0.25) is 0 Å². The van der Waals surface area contributed by atoms with E-state index in [0.717, 1.165) is 38.3 Å². The van der Waals surface area contributed by atoms with Crippen LogP contribution in [0.3, 0.4) is 0 Å². The number of aliphatic hydroxyl groups excluding tert-OH is 1. The Balaban J connectivity index is -0.000000897. The van der Waals surface area contributed by atoms with E-state index in [2.05, 4.69) is 67.8 Å². The third kappa shape index (κ3) is 24.8. The van der Waals surface area contributed by atoms with Crippen LogP contribution in [0.15, 0.2) is 36.1 Å². The Hall–Kier alpha value is -1.43. The number of allylic oxidation sites excluding steroid dienone is 5. The van der Waals surface area contributed by atoms with Crippen LogP contribution in [0.2, 0.25) is 0 Å². The molecule has 0 rings (SSSR count). The Kier molecular flexibility index (Phi) is 30.3. The molecule has 5 heteroatoms. The highest BCUT2D eigenvalue weighted by atomic mass is 16.5. The Morgan fingerprint density at radius 1 is 1.09 bits per heavy atom. The molecule has 0 aromatic heterocycles. The number of aldehydes is 1. The standard InChI is InChI=1S/C21H40N2O.C4H8O.C2H6O/c1-7-10-20(8-2)21(12-16-24)17-19(6)22-13-15-23(9-3)14-11-18(4)5;1-3-4-5-2;1-2-3/h7-8,10,16,18-19,21-22H,9,11-15,17H2,1-6H3;3-4H,1-2H3;3H,2H2,1H3/b10-7-,20-8+;4-3+;. The summed E-state index contributed by atoms with van der Waals surface area (Å²) < 4.78 is 4.51. The summed E-state index contributed by atoms with van der Waals surface area (Å²) in [5, 5.41) is 11.2. The van der Waals surface area contributed by atoms with Crippen molar-refractivity contribution in [2.45, 2.75) is 80.7 Å². The first-order valence-corrected chi connectivity index (χ1v) is 12.2. The zero-order valence-electron chi connectivity index (χ0n) is 22.6. The number of rotatable bonds is 15. The second-order valence-electron chi connectivity index (χ2n) is 8.12. The molecule has 5 nitrogen and oxygen atoms in total. The van der Waals surface area contributed by atoms with E-state index in [1.165, 1.54) is 18.5 Å². The van der Waals surface area contributed by atoms with Crippen molar-refractivity contribution in [2.75, 3.05) is 39.9 Å². The van der Waals surface area contributed by atoms with Gasteiger partial charge in [0.25, 0.3) is 0 Å². The summed E-state index contributed by atoms with van der Waals surface area (Å²) in [6, 6.07) is 0.416. The highest BCUT2D eigenvalue weighted by Crippen LogP contribution is 2.21. The number of methoxy groups -OCH3 is 1. The maximum Gasteiger partial charge on any atom is 0.120 e. The minimum Gasteiger partial charge on any atom is -0.505 e. The van der Waals surface area contributed by atoms with Gasteiger partial charge in [-0.05, 0) is 78.0 Å². The largest absolute Gasteiger partial charge is 0.505 e. The van der Waals surface area contributed by atoms with Gasteiger partial charge in [-0.15, -0.1) is 0 Å². The summed E-state index contributed by atoms with van der Waals surface area (Å²) in [6.45, 7) is 21.3. The average Bonchev–Trinajstić information content (AvgIpc) is 2.75. The summed E-state index contributed by atoms with van der Waals surface area (Å²) in [4.78, 5) is 13.5. The highest BCUT2D eigenvalue weighted by molar-refractivity contribution is 5.51. The van der Waals surface area contributed by atoms with Gasteiger partial charge in [-0.3, -0.25) is 0 Å². The monoisotopic (exact) mass is 454 g/mol. The first kappa shape index (κ1) is 35.2. The van der Waals surface area contributed by atoms with E-state index in [1.807, 2.05) is 19.9 Å². The summed E-state index contributed by atoms with van der Waals surface area (Å²) >= 11 is 0. The van der Waals surface area contributed by atoms with Gasteiger partial charge in [0.05, 0.1) is 13.4 Å². The summed E-state index contributed by atoms with van der Waals surface area (Å²) in [6.07, 6.45) is 13.7. The van der Waals surface area contributed by atoms with Gasteiger partial charge in [0, 0.05) is 32.2 Å². The minimum absolute atomic E-state index is 0.250. The predicted octanol–water partition coefficient (Wildman–Crippen LogP) is 5.62. The number of hydrogen-bond donors (Lipinski definition) is 2. The molecule has 2 unspecified atom stereocenters. The van der Waals surface area contributed by atoms with Crippen molar-refractivity contribution >= 4 is 6.29 Å². The maximum atomic E-state index is 11.0. The van der Waals surface area contributed by atoms with Crippen LogP contribution in [0, 0.1) is 11.8 Å². The smallest absolute Gasteiger partial charge is 0.120 e. The van der Waals surface area contributed by atoms with Crippen LogP contribution in [0.25, 0.3) is 0 Å². The molecule has 0 fully saturated rings. The number of carbonyl (C=O) groups excluding carboxylic acids is 1. The fourth-order valence-corrected chi connectivity index (χ4v) is 3.13. The highest BCUT2D eigenvalue weighted by Gasteiger charge is 2.15. The first-order valence-electron chi connectivity index (χ1n) is 12.2. The van der Waals surface area contributed by atoms with Crippen LogP contribution >= 0.6 is 0 Å². The van der Waals surface area contributed by atoms with Crippen molar-refractivity contribution in [3.63, 3.8) is 0 Å². The molecule has 2 N–H and O–H groups in total. The fourth-order valence-electron chi connectivity index (χ4n) is 3.13. The van der Waals surface area contributed by atoms with Crippen LogP contribution in [0.5, 0.6) is 0 Å². The molecule has 0 aliphatic carbocycles. The predicted molar refractivity (Wildman–Crippen MR) is 141 cm³/mol. The molecule has 190 valence electrons. The molecule has 0 saturated carbocycles. The summed E-state index contributed by atoms with van der Waals surface area (Å²) in [5.41, 5.74) is 1.27. The number of likely N-dealkylation sites (N-methyl/N-ethyl adjacent to an activating group) is 1. The molecule has 0 bridgehead atoms. The van der Waals surface area contributed by atoms with Gasteiger partial charge in [0.1, 0.15) is 6.29 Å². The molecule has 0 saturated heterocycles. The number of carbonyl (C=O) groups is 1. The van der Waals surface area contributed by atoms with Crippen molar-refractivity contribution in [2.24, 2.45) is 11.8 Å². The van der Waals surface area contributed by atoms with E-state index < -0.39 is 0 Å². The molecule has 0 radical (unpaired) electrons. The van der Waals surface area contributed by atoms with Crippen LogP contribution < -0.4 is 5.32 Å². The van der Waals surface area contributed by atoms with Gasteiger partial charge in [-0.1, -0.05) is 45.1 Å². The molecular formula is C27H54N2O3. The third-order valence-corrected chi connectivity index (χ3v) is 4.85. The second kappa shape index (κ2) is 27.6. The summed E-state index contributed by atoms with van der Waals surface area (Å²) in [5.74, 6) is 1.08. The van der Waals surface area contributed by atoms with Gasteiger partial charge < -0.3 is 24.9 Å². The van der Waals surface area contributed by atoms with Crippen LogP contribution in [-0.2, 0) is 9.53 Å². The Bertz CT molecular complexity index is 474. The lowest BCUT2D eigenvalue weighted by Gasteiger charge is -2.25. The lowest BCUT2D eigenvalue weighted by atomic mass is 9.89. The number of nitrogens with one attached hydrogen (secondary N) is 1. The zero-order chi connectivity index (χ0) is 25.2. The maximum absolute atomic E-state index is 11.0. The number of ether oxygens (including phenoxy) is 1. The van der Waals surface area contributed by atoms with E-state index in [0.29, 0.717) is 18.4 Å². The van der Waals surface area contributed by atoms with Crippen molar-refractivity contribution in [3.05, 3.63) is 36.1 Å². The van der Waals surface area contributed by atoms with Crippen molar-refractivity contribution < 1.29 is 14.6 Å². The topological polar surface area (TPSA) is 61.8 Å². The van der Waals surface area contributed by atoms with E-state index in [1.54, 1.807) is 20.3 Å². The fraction of sp³-hybridized carbons (Fsp3) is 0.741. The second-order valence-corrected chi connectivity index (χ2v) is 8.12. The lowest BCUT2D eigenvalue weighted by Crippen LogP contribution is -2.37. The quantitative estimate of drug-likeness (QED) is 0.191. The van der Waals surface area contributed by atoms with Crippen LogP contribution in [-0.4, -0.2) is 62.2 Å². The zero-order valence-corrected chi connectivity index (χ0v) is 22.6. The number of hydrogen-bond acceptors (Lipinski definition) is 5. The molecule has 0 amide bonds. The van der Waals surface area contributed by atoms with Crippen LogP contribution in [0.4, 0.5) is 0 Å². The molecule has 0 heterocycles. The average molecular weight is 455 g/mol. The molecule has 0 spiro atoms. The van der Waals surface area contributed by atoms with Crippen LogP contribution in [0.1, 0.15) is 74.7 Å². The molecule has 0 aromatic rings. The normalized spacial score (nSPS) is 13.6. The first-order chi connectivity index (χ1) is 15.3. The van der Waals surface area contributed by atoms with E-state index >= 15 is 0 Å². The molecule has 32 heavy (non-hydrogen) atoms. The SMILES string of the molecule is C/C=C/OC.C/C=C\C(=C/C)C(CC=O)CC(C)NCCN(CC)CCC(C)C.CCO. The number of aliphatic hydroxyl groups is 1. The molecule has 2 atom stereocenters.